The molecule has 3 heterocycles. The molecule has 9 heteroatoms. The maximum absolute atomic E-state index is 13.0. The average Bonchev–Trinajstić information content (AvgIpc) is 2.77. The number of rotatable bonds is 5. The van der Waals surface area contributed by atoms with Crippen LogP contribution in [0.1, 0.15) is 24.0 Å². The number of halogens is 3. The van der Waals surface area contributed by atoms with Crippen LogP contribution in [0.5, 0.6) is 0 Å². The highest BCUT2D eigenvalue weighted by Crippen LogP contribution is 2.33. The molecular weight excluding hydrogens is 407 g/mol. The van der Waals surface area contributed by atoms with E-state index in [0.29, 0.717) is 43.5 Å². The predicted molar refractivity (Wildman–Crippen MR) is 112 cm³/mol. The SMILES string of the molecule is NC(=O)C1CCN(c2ncccc2CNc2ccnc3cc(C(F)(F)F)ccc23)CC1. The lowest BCUT2D eigenvalue weighted by Gasteiger charge is -2.32. The van der Waals surface area contributed by atoms with Crippen LogP contribution in [-0.4, -0.2) is 29.0 Å². The number of benzene rings is 1. The van der Waals surface area contributed by atoms with Crippen LogP contribution in [0.4, 0.5) is 24.7 Å². The van der Waals surface area contributed by atoms with E-state index in [2.05, 4.69) is 20.2 Å². The maximum Gasteiger partial charge on any atom is 0.416 e. The molecule has 162 valence electrons. The Morgan fingerprint density at radius 2 is 1.90 bits per heavy atom. The molecular formula is C22H22F3N5O. The summed E-state index contributed by atoms with van der Waals surface area (Å²) in [6, 6.07) is 9.10. The zero-order valence-electron chi connectivity index (χ0n) is 16.7. The largest absolute Gasteiger partial charge is 0.416 e. The molecule has 4 rings (SSSR count). The molecule has 1 aliphatic rings. The van der Waals surface area contributed by atoms with Crippen LogP contribution in [0.15, 0.2) is 48.8 Å². The van der Waals surface area contributed by atoms with Gasteiger partial charge in [-0.3, -0.25) is 9.78 Å². The summed E-state index contributed by atoms with van der Waals surface area (Å²) in [5.41, 5.74) is 6.63. The molecule has 3 N–H and O–H groups in total. The zero-order chi connectivity index (χ0) is 22.0. The summed E-state index contributed by atoms with van der Waals surface area (Å²) in [4.78, 5) is 22.2. The number of fused-ring (bicyclic) bond motifs is 1. The topological polar surface area (TPSA) is 84.1 Å². The molecule has 0 aliphatic carbocycles. The minimum atomic E-state index is -4.41. The number of carbonyl (C=O) groups excluding carboxylic acids is 1. The van der Waals surface area contributed by atoms with Crippen molar-refractivity contribution in [2.45, 2.75) is 25.6 Å². The number of hydrogen-bond acceptors (Lipinski definition) is 5. The minimum absolute atomic E-state index is 0.105. The van der Waals surface area contributed by atoms with Crippen LogP contribution in [0.25, 0.3) is 10.9 Å². The molecule has 0 unspecified atom stereocenters. The van der Waals surface area contributed by atoms with Crippen molar-refractivity contribution in [2.75, 3.05) is 23.3 Å². The number of nitrogens with one attached hydrogen (secondary N) is 1. The second kappa shape index (κ2) is 8.41. The Hall–Kier alpha value is -3.36. The quantitative estimate of drug-likeness (QED) is 0.641. The minimum Gasteiger partial charge on any atom is -0.380 e. The van der Waals surface area contributed by atoms with Gasteiger partial charge >= 0.3 is 6.18 Å². The van der Waals surface area contributed by atoms with E-state index in [1.807, 2.05) is 12.1 Å². The van der Waals surface area contributed by atoms with Gasteiger partial charge in [-0.1, -0.05) is 12.1 Å². The van der Waals surface area contributed by atoms with Crippen LogP contribution in [0.2, 0.25) is 0 Å². The van der Waals surface area contributed by atoms with Gasteiger partial charge in [0.15, 0.2) is 0 Å². The van der Waals surface area contributed by atoms with E-state index in [4.69, 9.17) is 5.73 Å². The highest BCUT2D eigenvalue weighted by molar-refractivity contribution is 5.91. The highest BCUT2D eigenvalue weighted by atomic mass is 19.4. The molecule has 1 aromatic carbocycles. The van der Waals surface area contributed by atoms with E-state index in [0.717, 1.165) is 23.5 Å². The van der Waals surface area contributed by atoms with Crippen molar-refractivity contribution < 1.29 is 18.0 Å². The van der Waals surface area contributed by atoms with E-state index < -0.39 is 11.7 Å². The first kappa shape index (κ1) is 20.9. The number of amides is 1. The summed E-state index contributed by atoms with van der Waals surface area (Å²) in [6.07, 6.45) is 0.180. The lowest BCUT2D eigenvalue weighted by Crippen LogP contribution is -2.39. The monoisotopic (exact) mass is 429 g/mol. The van der Waals surface area contributed by atoms with E-state index in [1.54, 1.807) is 12.3 Å². The van der Waals surface area contributed by atoms with Crippen molar-refractivity contribution in [1.82, 2.24) is 9.97 Å². The van der Waals surface area contributed by atoms with Gasteiger partial charge in [0.2, 0.25) is 5.91 Å². The first-order valence-electron chi connectivity index (χ1n) is 10.0. The van der Waals surface area contributed by atoms with Crippen molar-refractivity contribution in [3.63, 3.8) is 0 Å². The number of anilines is 2. The molecule has 1 saturated heterocycles. The number of hydrogen-bond donors (Lipinski definition) is 2. The molecule has 1 aliphatic heterocycles. The number of carbonyl (C=O) groups is 1. The van der Waals surface area contributed by atoms with Crippen molar-refractivity contribution in [2.24, 2.45) is 11.7 Å². The van der Waals surface area contributed by atoms with Gasteiger partial charge < -0.3 is 16.0 Å². The van der Waals surface area contributed by atoms with Crippen LogP contribution >= 0.6 is 0 Å². The van der Waals surface area contributed by atoms with E-state index in [1.165, 1.54) is 12.3 Å². The molecule has 0 spiro atoms. The van der Waals surface area contributed by atoms with Crippen molar-refractivity contribution in [3.8, 4) is 0 Å². The number of pyridine rings is 2. The average molecular weight is 429 g/mol. The Kier molecular flexibility index (Phi) is 5.67. The summed E-state index contributed by atoms with van der Waals surface area (Å²) in [7, 11) is 0. The Labute approximate surface area is 177 Å². The third-order valence-electron chi connectivity index (χ3n) is 5.60. The fourth-order valence-corrected chi connectivity index (χ4v) is 3.90. The van der Waals surface area contributed by atoms with Gasteiger partial charge in [0.25, 0.3) is 0 Å². The standard InChI is InChI=1S/C22H22F3N5O/c23-22(24,25)16-3-4-17-18(5-9-27-19(17)12-16)29-13-15-2-1-8-28-21(15)30-10-6-14(7-11-30)20(26)31/h1-5,8-9,12,14H,6-7,10-11,13H2,(H2,26,31)(H,27,29). The van der Waals surface area contributed by atoms with Crippen LogP contribution < -0.4 is 16.0 Å². The summed E-state index contributed by atoms with van der Waals surface area (Å²) in [6.45, 7) is 1.82. The number of alkyl halides is 3. The first-order valence-corrected chi connectivity index (χ1v) is 10.0. The normalized spacial score (nSPS) is 15.3. The number of primary amides is 1. The fourth-order valence-electron chi connectivity index (χ4n) is 3.90. The lowest BCUT2D eigenvalue weighted by atomic mass is 9.96. The molecule has 0 saturated carbocycles. The Balaban J connectivity index is 1.53. The van der Waals surface area contributed by atoms with E-state index in [-0.39, 0.29) is 17.3 Å². The molecule has 0 atom stereocenters. The van der Waals surface area contributed by atoms with Crippen molar-refractivity contribution in [3.05, 3.63) is 59.9 Å². The third kappa shape index (κ3) is 4.55. The second-order valence-corrected chi connectivity index (χ2v) is 7.59. The van der Waals surface area contributed by atoms with Gasteiger partial charge in [0.05, 0.1) is 11.1 Å². The summed E-state index contributed by atoms with van der Waals surface area (Å²) in [5, 5.41) is 3.92. The maximum atomic E-state index is 13.0. The molecule has 1 amide bonds. The number of nitrogens with two attached hydrogens (primary N) is 1. The molecule has 3 aromatic rings. The van der Waals surface area contributed by atoms with Crippen LogP contribution in [0, 0.1) is 5.92 Å². The molecule has 1 fully saturated rings. The van der Waals surface area contributed by atoms with Crippen molar-refractivity contribution >= 4 is 28.3 Å². The Morgan fingerprint density at radius 3 is 2.61 bits per heavy atom. The zero-order valence-corrected chi connectivity index (χ0v) is 16.7. The van der Waals surface area contributed by atoms with Crippen LogP contribution in [0.3, 0.4) is 0 Å². The van der Waals surface area contributed by atoms with Gasteiger partial charge in [0.1, 0.15) is 5.82 Å². The molecule has 2 aromatic heterocycles. The highest BCUT2D eigenvalue weighted by Gasteiger charge is 2.30. The van der Waals surface area contributed by atoms with Gasteiger partial charge in [-0.15, -0.1) is 0 Å². The fraction of sp³-hybridized carbons (Fsp3) is 0.318. The third-order valence-corrected chi connectivity index (χ3v) is 5.60. The van der Waals surface area contributed by atoms with Gasteiger partial charge in [-0.2, -0.15) is 13.2 Å². The first-order chi connectivity index (χ1) is 14.8. The van der Waals surface area contributed by atoms with E-state index in [9.17, 15) is 18.0 Å². The number of nitrogens with zero attached hydrogens (tertiary/aromatic N) is 3. The van der Waals surface area contributed by atoms with Crippen molar-refractivity contribution in [1.29, 1.82) is 0 Å². The number of piperidine rings is 1. The van der Waals surface area contributed by atoms with Gasteiger partial charge in [0, 0.05) is 54.6 Å². The molecule has 6 nitrogen and oxygen atoms in total. The Bertz CT molecular complexity index is 1090. The Morgan fingerprint density at radius 1 is 1.13 bits per heavy atom. The summed E-state index contributed by atoms with van der Waals surface area (Å²) < 4.78 is 39.0. The molecule has 0 radical (unpaired) electrons. The smallest absolute Gasteiger partial charge is 0.380 e. The molecule has 31 heavy (non-hydrogen) atoms. The van der Waals surface area contributed by atoms with Crippen LogP contribution in [-0.2, 0) is 17.5 Å². The predicted octanol–water partition coefficient (Wildman–Crippen LogP) is 3.96. The van der Waals surface area contributed by atoms with Gasteiger partial charge in [-0.05, 0) is 37.1 Å². The van der Waals surface area contributed by atoms with E-state index >= 15 is 0 Å². The summed E-state index contributed by atoms with van der Waals surface area (Å²) in [5.74, 6) is 0.461. The number of aromatic nitrogens is 2. The summed E-state index contributed by atoms with van der Waals surface area (Å²) >= 11 is 0. The lowest BCUT2D eigenvalue weighted by molar-refractivity contribution is -0.137. The second-order valence-electron chi connectivity index (χ2n) is 7.59. The molecule has 0 bridgehead atoms. The van der Waals surface area contributed by atoms with Gasteiger partial charge in [-0.25, -0.2) is 4.98 Å².